The molecule has 1 unspecified atom stereocenters. The van der Waals surface area contributed by atoms with Crippen molar-refractivity contribution in [2.75, 3.05) is 32.9 Å². The van der Waals surface area contributed by atoms with Crippen molar-refractivity contribution in [1.29, 1.82) is 0 Å². The Morgan fingerprint density at radius 1 is 1.47 bits per heavy atom. The van der Waals surface area contributed by atoms with Crippen molar-refractivity contribution < 1.29 is 32.2 Å². The van der Waals surface area contributed by atoms with Crippen molar-refractivity contribution in [3.63, 3.8) is 0 Å². The third-order valence-electron chi connectivity index (χ3n) is 2.38. The molecule has 9 heteroatoms. The molecular formula is C10H15F3N2O4. The van der Waals surface area contributed by atoms with E-state index in [1.54, 1.807) is 6.92 Å². The molecule has 6 nitrogen and oxygen atoms in total. The number of morpholine rings is 1. The Labute approximate surface area is 107 Å². The summed E-state index contributed by atoms with van der Waals surface area (Å²) in [5.41, 5.74) is 0. The third-order valence-corrected chi connectivity index (χ3v) is 2.38. The molecule has 1 N–H and O–H groups in total. The maximum absolute atomic E-state index is 12.0. The second-order valence-electron chi connectivity index (χ2n) is 3.85. The fourth-order valence-corrected chi connectivity index (χ4v) is 1.56. The molecule has 1 atom stereocenters. The van der Waals surface area contributed by atoms with E-state index in [0.717, 1.165) is 4.90 Å². The number of hydrogen-bond acceptors (Lipinski definition) is 4. The minimum atomic E-state index is -4.59. The van der Waals surface area contributed by atoms with Gasteiger partial charge in [0.25, 0.3) is 0 Å². The highest BCUT2D eigenvalue weighted by Crippen LogP contribution is 2.16. The summed E-state index contributed by atoms with van der Waals surface area (Å²) in [6, 6.07) is -0.963. The fraction of sp³-hybridized carbons (Fsp3) is 0.800. The number of carbonyl (C=O) groups is 2. The quantitative estimate of drug-likeness (QED) is 0.820. The van der Waals surface area contributed by atoms with E-state index >= 15 is 0 Å². The molecule has 1 saturated heterocycles. The Morgan fingerprint density at radius 3 is 2.74 bits per heavy atom. The van der Waals surface area contributed by atoms with Crippen LogP contribution in [0.15, 0.2) is 0 Å². The lowest BCUT2D eigenvalue weighted by Crippen LogP contribution is -2.56. The van der Waals surface area contributed by atoms with Crippen LogP contribution in [0.4, 0.5) is 18.0 Å². The van der Waals surface area contributed by atoms with Crippen molar-refractivity contribution >= 4 is 12.0 Å². The smallest absolute Gasteiger partial charge is 0.422 e. The molecule has 0 aliphatic carbocycles. The van der Waals surface area contributed by atoms with Crippen molar-refractivity contribution in [3.05, 3.63) is 0 Å². The summed E-state index contributed by atoms with van der Waals surface area (Å²) < 4.78 is 45.1. The first kappa shape index (κ1) is 15.5. The van der Waals surface area contributed by atoms with Gasteiger partial charge in [-0.25, -0.2) is 4.79 Å². The summed E-state index contributed by atoms with van der Waals surface area (Å²) in [6.45, 7) is 0.461. The van der Waals surface area contributed by atoms with Crippen LogP contribution in [0.1, 0.15) is 6.92 Å². The predicted molar refractivity (Wildman–Crippen MR) is 57.4 cm³/mol. The van der Waals surface area contributed by atoms with Crippen LogP contribution in [0, 0.1) is 0 Å². The van der Waals surface area contributed by atoms with Gasteiger partial charge in [-0.2, -0.15) is 13.2 Å². The molecule has 0 radical (unpaired) electrons. The minimum Gasteiger partial charge on any atom is -0.440 e. The van der Waals surface area contributed by atoms with Gasteiger partial charge in [0, 0.05) is 13.1 Å². The van der Waals surface area contributed by atoms with E-state index < -0.39 is 30.8 Å². The predicted octanol–water partition coefficient (Wildman–Crippen LogP) is 0.522. The highest BCUT2D eigenvalue weighted by molar-refractivity contribution is 5.86. The topological polar surface area (TPSA) is 67.9 Å². The molecule has 1 aliphatic rings. The standard InChI is InChI=1S/C10H15F3N2O4/c1-2-14-8(16)7-5-18-4-3-15(7)9(17)19-6-10(11,12)13/h7H,2-6H2,1H3,(H,14,16). The normalized spacial score (nSPS) is 20.0. The number of rotatable bonds is 3. The maximum atomic E-state index is 12.0. The molecule has 0 spiro atoms. The minimum absolute atomic E-state index is 0.0124. The van der Waals surface area contributed by atoms with Gasteiger partial charge >= 0.3 is 12.3 Å². The molecule has 0 aromatic rings. The van der Waals surface area contributed by atoms with Gasteiger partial charge in [-0.05, 0) is 6.92 Å². The van der Waals surface area contributed by atoms with Gasteiger partial charge in [-0.3, -0.25) is 9.69 Å². The lowest BCUT2D eigenvalue weighted by atomic mass is 10.2. The zero-order chi connectivity index (χ0) is 14.5. The largest absolute Gasteiger partial charge is 0.440 e. The van der Waals surface area contributed by atoms with E-state index in [-0.39, 0.29) is 19.8 Å². The maximum Gasteiger partial charge on any atom is 0.422 e. The van der Waals surface area contributed by atoms with Crippen LogP contribution in [-0.4, -0.2) is 62.0 Å². The highest BCUT2D eigenvalue weighted by atomic mass is 19.4. The second kappa shape index (κ2) is 6.60. The average molecular weight is 284 g/mol. The Hall–Kier alpha value is -1.51. The number of carbonyl (C=O) groups excluding carboxylic acids is 2. The van der Waals surface area contributed by atoms with E-state index in [1.165, 1.54) is 0 Å². The van der Waals surface area contributed by atoms with E-state index in [4.69, 9.17) is 4.74 Å². The number of hydrogen-bond donors (Lipinski definition) is 1. The molecule has 2 amide bonds. The molecule has 1 aliphatic heterocycles. The fourth-order valence-electron chi connectivity index (χ4n) is 1.56. The van der Waals surface area contributed by atoms with Crippen molar-refractivity contribution in [1.82, 2.24) is 10.2 Å². The number of amides is 2. The summed E-state index contributed by atoms with van der Waals surface area (Å²) >= 11 is 0. The number of nitrogens with one attached hydrogen (secondary N) is 1. The first-order valence-electron chi connectivity index (χ1n) is 5.70. The van der Waals surface area contributed by atoms with Crippen LogP contribution in [0.3, 0.4) is 0 Å². The van der Waals surface area contributed by atoms with Crippen molar-refractivity contribution in [2.45, 2.75) is 19.1 Å². The number of likely N-dealkylation sites (N-methyl/N-ethyl adjacent to an activating group) is 1. The van der Waals surface area contributed by atoms with Crippen LogP contribution in [0.5, 0.6) is 0 Å². The summed E-state index contributed by atoms with van der Waals surface area (Å²) in [7, 11) is 0. The molecule has 110 valence electrons. The molecular weight excluding hydrogens is 269 g/mol. The van der Waals surface area contributed by atoms with E-state index in [0.29, 0.717) is 6.54 Å². The van der Waals surface area contributed by atoms with Crippen LogP contribution in [0.2, 0.25) is 0 Å². The number of ether oxygens (including phenoxy) is 2. The first-order valence-corrected chi connectivity index (χ1v) is 5.70. The van der Waals surface area contributed by atoms with Gasteiger partial charge in [0.15, 0.2) is 6.61 Å². The van der Waals surface area contributed by atoms with Crippen molar-refractivity contribution in [2.24, 2.45) is 0 Å². The van der Waals surface area contributed by atoms with E-state index in [9.17, 15) is 22.8 Å². The monoisotopic (exact) mass is 284 g/mol. The van der Waals surface area contributed by atoms with Crippen LogP contribution in [0.25, 0.3) is 0 Å². The Bertz CT molecular complexity index is 335. The SMILES string of the molecule is CCNC(=O)C1COCCN1C(=O)OCC(F)(F)F. The molecule has 0 saturated carbocycles. The van der Waals surface area contributed by atoms with Crippen molar-refractivity contribution in [3.8, 4) is 0 Å². The molecule has 1 fully saturated rings. The number of halogens is 3. The summed E-state index contributed by atoms with van der Waals surface area (Å²) in [4.78, 5) is 24.1. The zero-order valence-corrected chi connectivity index (χ0v) is 10.3. The van der Waals surface area contributed by atoms with Crippen LogP contribution < -0.4 is 5.32 Å². The summed E-state index contributed by atoms with van der Waals surface area (Å²) in [5.74, 6) is -0.480. The van der Waals surface area contributed by atoms with Gasteiger partial charge in [-0.1, -0.05) is 0 Å². The molecule has 0 aromatic carbocycles. The van der Waals surface area contributed by atoms with E-state index in [2.05, 4.69) is 10.1 Å². The molecule has 0 aromatic heterocycles. The lowest BCUT2D eigenvalue weighted by molar-refractivity contribution is -0.164. The molecule has 1 heterocycles. The van der Waals surface area contributed by atoms with Gasteiger partial charge in [0.2, 0.25) is 5.91 Å². The molecule has 0 bridgehead atoms. The average Bonchev–Trinajstić information content (AvgIpc) is 2.35. The second-order valence-corrected chi connectivity index (χ2v) is 3.85. The van der Waals surface area contributed by atoms with Gasteiger partial charge in [-0.15, -0.1) is 0 Å². The highest BCUT2D eigenvalue weighted by Gasteiger charge is 2.36. The van der Waals surface area contributed by atoms with Gasteiger partial charge < -0.3 is 14.8 Å². The molecule has 19 heavy (non-hydrogen) atoms. The van der Waals surface area contributed by atoms with Gasteiger partial charge in [0.1, 0.15) is 6.04 Å². The summed E-state index contributed by atoms with van der Waals surface area (Å²) in [5, 5.41) is 2.48. The third kappa shape index (κ3) is 4.93. The van der Waals surface area contributed by atoms with Crippen LogP contribution >= 0.6 is 0 Å². The first-order chi connectivity index (χ1) is 8.85. The zero-order valence-electron chi connectivity index (χ0n) is 10.3. The Balaban J connectivity index is 2.61. The number of nitrogens with zero attached hydrogens (tertiary/aromatic N) is 1. The lowest BCUT2D eigenvalue weighted by Gasteiger charge is -2.33. The molecule has 1 rings (SSSR count). The Morgan fingerprint density at radius 2 is 2.16 bits per heavy atom. The summed E-state index contributed by atoms with van der Waals surface area (Å²) in [6.07, 6.45) is -5.76. The van der Waals surface area contributed by atoms with Gasteiger partial charge in [0.05, 0.1) is 13.2 Å². The Kier molecular flexibility index (Phi) is 5.40. The number of alkyl halides is 3. The van der Waals surface area contributed by atoms with E-state index in [1.807, 2.05) is 0 Å². The van der Waals surface area contributed by atoms with Crippen LogP contribution in [-0.2, 0) is 14.3 Å².